The molecule has 3 atom stereocenters. The number of benzene rings is 4. The Morgan fingerprint density at radius 2 is 1.82 bits per heavy atom. The van der Waals surface area contributed by atoms with Gasteiger partial charge in [-0.25, -0.2) is 0 Å². The summed E-state index contributed by atoms with van der Waals surface area (Å²) < 4.78 is 6.43. The summed E-state index contributed by atoms with van der Waals surface area (Å²) in [6.07, 6.45) is 4.00. The van der Waals surface area contributed by atoms with E-state index < -0.39 is 12.1 Å². The smallest absolute Gasteiger partial charge is 0.318 e. The second kappa shape index (κ2) is 24.3. The Kier molecular flexibility index (Phi) is 18.0. The van der Waals surface area contributed by atoms with Crippen LogP contribution in [0.2, 0.25) is 10.0 Å². The summed E-state index contributed by atoms with van der Waals surface area (Å²) in [6, 6.07) is 24.8. The van der Waals surface area contributed by atoms with E-state index in [0.717, 1.165) is 75.9 Å². The number of hydrogen-bond donors (Lipinski definition) is 1. The standard InChI is InChI=1S/C55H60Cl2N11O5.Y/c1-35-15-17-40(28-46(35)57)62-66(30-37-16-18-43-39(27-37)31-68(54(43)72)49(14-8-26-69)52(70)59-3)29-36(2)53(71)67-25-24-65(32-41(67)19-21-58)51-44-20-23-64(48-13-6-10-38-9-5-12-45(56)50(38)48)33-47(44)60-55(61-51)73-34-42-11-7-22-63(42)4;/h5-6,9-10,12-13,15-18,26-28,41-42,49H,2,7-8,11,14,19-20,22-25,29-34H2,1,3-4H3,(H,59,70);/q-1;. The van der Waals surface area contributed by atoms with Gasteiger partial charge in [0.1, 0.15) is 24.8 Å². The number of likely N-dealkylation sites (tertiary alicyclic amines) is 1. The predicted molar refractivity (Wildman–Crippen MR) is 283 cm³/mol. The molecule has 0 spiro atoms. The van der Waals surface area contributed by atoms with Gasteiger partial charge < -0.3 is 49.8 Å². The van der Waals surface area contributed by atoms with Crippen LogP contribution in [0.1, 0.15) is 70.4 Å². The summed E-state index contributed by atoms with van der Waals surface area (Å²) in [7, 11) is 3.62. The number of ether oxygens (including phenoxy) is 1. The van der Waals surface area contributed by atoms with E-state index in [1.165, 1.54) is 11.9 Å². The number of aromatic nitrogens is 2. The van der Waals surface area contributed by atoms with Crippen molar-refractivity contribution in [3.05, 3.63) is 134 Å². The number of nitriles is 1. The molecule has 19 heteroatoms. The first-order valence-corrected chi connectivity index (χ1v) is 25.7. The van der Waals surface area contributed by atoms with Crippen LogP contribution in [-0.2, 0) is 73.1 Å². The van der Waals surface area contributed by atoms with Gasteiger partial charge in [-0.05, 0) is 86.5 Å². The first kappa shape index (κ1) is 54.6. The van der Waals surface area contributed by atoms with Crippen LogP contribution in [0, 0.1) is 18.3 Å². The molecule has 2 saturated heterocycles. The number of piperazine rings is 1. The predicted octanol–water partition coefficient (Wildman–Crippen LogP) is 7.94. The molecule has 1 aromatic heterocycles. The Labute approximate surface area is 467 Å². The monoisotopic (exact) mass is 1110 g/mol. The number of fused-ring (bicyclic) bond motifs is 3. The van der Waals surface area contributed by atoms with E-state index in [1.54, 1.807) is 22.0 Å². The van der Waals surface area contributed by atoms with Crippen LogP contribution < -0.4 is 19.9 Å². The minimum Gasteiger partial charge on any atom is -0.619 e. The summed E-state index contributed by atoms with van der Waals surface area (Å²) in [5, 5.41) is 17.9. The molecule has 4 aliphatic heterocycles. The molecule has 0 aliphatic carbocycles. The fourth-order valence-corrected chi connectivity index (χ4v) is 11.1. The number of likely N-dealkylation sites (N-methyl/N-ethyl adjacent to an activating group) is 2. The molecule has 1 N–H and O–H groups in total. The van der Waals surface area contributed by atoms with Crippen LogP contribution >= 0.6 is 23.2 Å². The van der Waals surface area contributed by atoms with Crippen LogP contribution in [0.25, 0.3) is 16.2 Å². The fraction of sp³-hybridized carbons (Fsp3) is 0.400. The minimum absolute atomic E-state index is 0. The zero-order valence-electron chi connectivity index (χ0n) is 42.1. The molecule has 0 saturated carbocycles. The minimum atomic E-state index is -0.795. The van der Waals surface area contributed by atoms with Gasteiger partial charge in [0.25, 0.3) is 11.8 Å². The van der Waals surface area contributed by atoms with E-state index >= 15 is 0 Å². The van der Waals surface area contributed by atoms with Gasteiger partial charge in [0.15, 0.2) is 0 Å². The maximum absolute atomic E-state index is 14.7. The summed E-state index contributed by atoms with van der Waals surface area (Å²) >= 11 is 13.4. The number of carbonyl (C=O) groups excluding carboxylic acids is 4. The number of carbonyl (C=O) groups is 4. The number of amides is 3. The molecule has 4 aliphatic rings. The third-order valence-electron chi connectivity index (χ3n) is 14.6. The maximum Gasteiger partial charge on any atom is 0.318 e. The van der Waals surface area contributed by atoms with Crippen molar-refractivity contribution in [1.29, 1.82) is 5.26 Å². The van der Waals surface area contributed by atoms with Crippen LogP contribution in [0.3, 0.4) is 0 Å². The molecular weight excluding hydrogens is 1050 g/mol. The van der Waals surface area contributed by atoms with E-state index in [0.29, 0.717) is 73.1 Å². The molecule has 383 valence electrons. The largest absolute Gasteiger partial charge is 0.619 e. The van der Waals surface area contributed by atoms with Gasteiger partial charge in [0.2, 0.25) is 5.91 Å². The van der Waals surface area contributed by atoms with Crippen molar-refractivity contribution < 1.29 is 56.6 Å². The number of aldehydes is 1. The first-order chi connectivity index (χ1) is 35.3. The third kappa shape index (κ3) is 11.9. The summed E-state index contributed by atoms with van der Waals surface area (Å²) in [4.78, 5) is 72.6. The Hall–Kier alpha value is -5.67. The Morgan fingerprint density at radius 1 is 1.01 bits per heavy atom. The molecule has 2 fully saturated rings. The average Bonchev–Trinajstić information content (AvgIpc) is 3.96. The van der Waals surface area contributed by atoms with Gasteiger partial charge in [-0.2, -0.15) is 15.2 Å². The summed E-state index contributed by atoms with van der Waals surface area (Å²) in [5.41, 5.74) is 11.7. The van der Waals surface area contributed by atoms with Crippen molar-refractivity contribution >= 4 is 75.2 Å². The van der Waals surface area contributed by atoms with Crippen molar-refractivity contribution in [3.8, 4) is 12.1 Å². The average molecular weight is 1110 g/mol. The molecule has 3 unspecified atom stereocenters. The second-order valence-corrected chi connectivity index (χ2v) is 20.2. The van der Waals surface area contributed by atoms with Crippen LogP contribution in [0.15, 0.2) is 84.9 Å². The number of aryl methyl sites for hydroxylation is 1. The van der Waals surface area contributed by atoms with Crippen molar-refractivity contribution in [3.63, 3.8) is 0 Å². The second-order valence-electron chi connectivity index (χ2n) is 19.3. The van der Waals surface area contributed by atoms with Crippen LogP contribution in [0.5, 0.6) is 6.01 Å². The molecule has 4 aromatic carbocycles. The quantitative estimate of drug-likeness (QED) is 0.0511. The van der Waals surface area contributed by atoms with E-state index in [1.807, 2.05) is 43.3 Å². The van der Waals surface area contributed by atoms with Crippen molar-refractivity contribution in [2.75, 3.05) is 69.8 Å². The zero-order valence-corrected chi connectivity index (χ0v) is 46.5. The molecule has 16 nitrogen and oxygen atoms in total. The maximum atomic E-state index is 14.7. The van der Waals surface area contributed by atoms with Crippen molar-refractivity contribution in [2.24, 2.45) is 0 Å². The fourth-order valence-electron chi connectivity index (χ4n) is 10.6. The number of nitrogens with zero attached hydrogens (tertiary/aromatic N) is 10. The number of halogens is 2. The van der Waals surface area contributed by atoms with E-state index in [-0.39, 0.29) is 101 Å². The van der Waals surface area contributed by atoms with Gasteiger partial charge in [0, 0.05) is 131 Å². The zero-order chi connectivity index (χ0) is 51.3. The van der Waals surface area contributed by atoms with Crippen molar-refractivity contribution in [2.45, 2.75) is 83.2 Å². The molecule has 5 heterocycles. The van der Waals surface area contributed by atoms with E-state index in [4.69, 9.17) is 43.3 Å². The van der Waals surface area contributed by atoms with E-state index in [9.17, 15) is 24.4 Å². The molecule has 0 bridgehead atoms. The molecule has 9 rings (SSSR count). The Balaban J connectivity index is 0.00000729. The molecule has 5 aromatic rings. The van der Waals surface area contributed by atoms with Crippen LogP contribution in [-0.4, -0.2) is 132 Å². The van der Waals surface area contributed by atoms with E-state index in [2.05, 4.69) is 64.0 Å². The summed E-state index contributed by atoms with van der Waals surface area (Å²) in [6.45, 7) is 10.5. The molecular formula is C55H60Cl2N11O5Y-. The number of rotatable bonds is 18. The van der Waals surface area contributed by atoms with Gasteiger partial charge in [-0.15, -0.1) is 5.69 Å². The molecule has 1 radical (unpaired) electrons. The SMILES string of the molecule is C=C(CN(Cc1ccc2c(c1)CN(C(CCC=O)C(=O)NC)C2=O)[N-]c1ccc(C)c(Cl)c1)C(=O)N1CCN(c2nc(OCC3CCCN3C)nc3c2CCN(c2cccc4cccc(Cl)c24)C3)CC1CC#N.[Y]. The third-order valence-corrected chi connectivity index (χ3v) is 15.3. The first-order valence-electron chi connectivity index (χ1n) is 24.9. The Morgan fingerprint density at radius 3 is 2.57 bits per heavy atom. The molecule has 74 heavy (non-hydrogen) atoms. The number of anilines is 2. The number of nitrogens with one attached hydrogen (secondary N) is 1. The van der Waals surface area contributed by atoms with Gasteiger partial charge in [-0.3, -0.25) is 14.4 Å². The molecule has 3 amide bonds. The Bertz CT molecular complexity index is 2990. The van der Waals surface area contributed by atoms with Gasteiger partial charge in [0.05, 0.1) is 35.8 Å². The summed E-state index contributed by atoms with van der Waals surface area (Å²) in [5.74, 6) is -0.142. The van der Waals surface area contributed by atoms with Crippen LogP contribution in [0.4, 0.5) is 17.2 Å². The van der Waals surface area contributed by atoms with Crippen molar-refractivity contribution in [1.82, 2.24) is 35.0 Å². The number of hydrogen-bond acceptors (Lipinski definition) is 12. The normalized spacial score (nSPS) is 17.9. The van der Waals surface area contributed by atoms with Gasteiger partial charge in [-0.1, -0.05) is 84.4 Å². The van der Waals surface area contributed by atoms with Gasteiger partial charge >= 0.3 is 6.01 Å². The topological polar surface area (TPSA) is 173 Å².